The molecule has 1 heterocycles. The lowest BCUT2D eigenvalue weighted by atomic mass is 10.0. The highest BCUT2D eigenvalue weighted by Gasteiger charge is 2.17. The number of amides is 2. The van der Waals surface area contributed by atoms with Gasteiger partial charge in [-0.15, -0.1) is 0 Å². The molecule has 3 rings (SSSR count). The van der Waals surface area contributed by atoms with Crippen molar-refractivity contribution in [2.75, 3.05) is 5.32 Å². The fourth-order valence-corrected chi connectivity index (χ4v) is 2.80. The number of carbonyl (C=O) groups is 2. The Morgan fingerprint density at radius 1 is 1.04 bits per heavy atom. The van der Waals surface area contributed by atoms with Gasteiger partial charge in [-0.1, -0.05) is 42.5 Å². The van der Waals surface area contributed by atoms with Crippen LogP contribution in [0.2, 0.25) is 0 Å². The molecule has 0 saturated heterocycles. The highest BCUT2D eigenvalue weighted by molar-refractivity contribution is 6.02. The van der Waals surface area contributed by atoms with E-state index in [-0.39, 0.29) is 24.3 Å². The summed E-state index contributed by atoms with van der Waals surface area (Å²) in [5.74, 6) is -0.329. The molecule has 5 heteroatoms. The van der Waals surface area contributed by atoms with Crippen LogP contribution in [0, 0.1) is 0 Å². The summed E-state index contributed by atoms with van der Waals surface area (Å²) in [7, 11) is 0. The SMILES string of the molecule is CC(=O)NC(CC(=O)Nc1cccc2cnccc12)c1ccccc1. The number of hydrogen-bond acceptors (Lipinski definition) is 3. The molecule has 126 valence electrons. The summed E-state index contributed by atoms with van der Waals surface area (Å²) in [5.41, 5.74) is 1.63. The lowest BCUT2D eigenvalue weighted by Crippen LogP contribution is -2.29. The van der Waals surface area contributed by atoms with Crippen LogP contribution in [0.3, 0.4) is 0 Å². The fraction of sp³-hybridized carbons (Fsp3) is 0.150. The van der Waals surface area contributed by atoms with Crippen molar-refractivity contribution in [2.24, 2.45) is 0 Å². The number of pyridine rings is 1. The van der Waals surface area contributed by atoms with Gasteiger partial charge in [0.1, 0.15) is 0 Å². The zero-order valence-corrected chi connectivity index (χ0v) is 13.9. The monoisotopic (exact) mass is 333 g/mol. The summed E-state index contributed by atoms with van der Waals surface area (Å²) < 4.78 is 0. The predicted octanol–water partition coefficient (Wildman–Crippen LogP) is 3.44. The number of aromatic nitrogens is 1. The number of rotatable bonds is 5. The summed E-state index contributed by atoms with van der Waals surface area (Å²) in [5, 5.41) is 7.67. The summed E-state index contributed by atoms with van der Waals surface area (Å²) in [4.78, 5) is 28.1. The van der Waals surface area contributed by atoms with Crippen LogP contribution in [0.5, 0.6) is 0 Å². The van der Waals surface area contributed by atoms with Gasteiger partial charge in [-0.05, 0) is 17.7 Å². The molecule has 1 atom stereocenters. The Morgan fingerprint density at radius 3 is 2.60 bits per heavy atom. The largest absolute Gasteiger partial charge is 0.349 e. The van der Waals surface area contributed by atoms with Gasteiger partial charge in [0, 0.05) is 35.8 Å². The molecule has 0 fully saturated rings. The smallest absolute Gasteiger partial charge is 0.226 e. The van der Waals surface area contributed by atoms with Crippen molar-refractivity contribution < 1.29 is 9.59 Å². The number of hydrogen-bond donors (Lipinski definition) is 2. The van der Waals surface area contributed by atoms with Gasteiger partial charge in [0.05, 0.1) is 12.5 Å². The average Bonchev–Trinajstić information content (AvgIpc) is 2.62. The standard InChI is InChI=1S/C20H19N3O2/c1-14(24)22-19(15-6-3-2-4-7-15)12-20(25)23-18-9-5-8-16-13-21-11-10-17(16)18/h2-11,13,19H,12H2,1H3,(H,22,24)(H,23,25). The Kier molecular flexibility index (Phi) is 5.04. The maximum absolute atomic E-state index is 12.5. The second kappa shape index (κ2) is 7.57. The fourth-order valence-electron chi connectivity index (χ4n) is 2.80. The van der Waals surface area contributed by atoms with Crippen molar-refractivity contribution in [3.05, 3.63) is 72.6 Å². The van der Waals surface area contributed by atoms with E-state index in [1.54, 1.807) is 12.4 Å². The molecule has 2 aromatic carbocycles. The molecule has 0 aliphatic carbocycles. The Labute approximate surface area is 146 Å². The van der Waals surface area contributed by atoms with Crippen molar-refractivity contribution in [2.45, 2.75) is 19.4 Å². The van der Waals surface area contributed by atoms with E-state index < -0.39 is 0 Å². The summed E-state index contributed by atoms with van der Waals surface area (Å²) in [6, 6.07) is 16.7. The Morgan fingerprint density at radius 2 is 1.84 bits per heavy atom. The topological polar surface area (TPSA) is 71.1 Å². The lowest BCUT2D eigenvalue weighted by Gasteiger charge is -2.18. The molecule has 1 aromatic heterocycles. The van der Waals surface area contributed by atoms with Gasteiger partial charge in [-0.2, -0.15) is 0 Å². The Balaban J connectivity index is 1.78. The quantitative estimate of drug-likeness (QED) is 0.751. The van der Waals surface area contributed by atoms with Crippen LogP contribution in [-0.4, -0.2) is 16.8 Å². The molecule has 25 heavy (non-hydrogen) atoms. The summed E-state index contributed by atoms with van der Waals surface area (Å²) >= 11 is 0. The molecular weight excluding hydrogens is 314 g/mol. The number of benzene rings is 2. The third kappa shape index (κ3) is 4.20. The lowest BCUT2D eigenvalue weighted by molar-refractivity contribution is -0.120. The van der Waals surface area contributed by atoms with Gasteiger partial charge >= 0.3 is 0 Å². The van der Waals surface area contributed by atoms with Crippen molar-refractivity contribution in [3.8, 4) is 0 Å². The Hall–Kier alpha value is -3.21. The normalized spacial score (nSPS) is 11.7. The molecule has 0 radical (unpaired) electrons. The number of fused-ring (bicyclic) bond motifs is 1. The first-order valence-corrected chi connectivity index (χ1v) is 8.08. The predicted molar refractivity (Wildman–Crippen MR) is 98.0 cm³/mol. The van der Waals surface area contributed by atoms with E-state index >= 15 is 0 Å². The minimum Gasteiger partial charge on any atom is -0.349 e. The van der Waals surface area contributed by atoms with Crippen molar-refractivity contribution in [3.63, 3.8) is 0 Å². The van der Waals surface area contributed by atoms with Crippen molar-refractivity contribution >= 4 is 28.3 Å². The van der Waals surface area contributed by atoms with Crippen LogP contribution in [0.4, 0.5) is 5.69 Å². The Bertz CT molecular complexity index is 888. The number of nitrogens with one attached hydrogen (secondary N) is 2. The van der Waals surface area contributed by atoms with Gasteiger partial charge in [-0.25, -0.2) is 0 Å². The van der Waals surface area contributed by atoms with E-state index in [0.717, 1.165) is 22.0 Å². The van der Waals surface area contributed by atoms with Gasteiger partial charge in [-0.3, -0.25) is 14.6 Å². The maximum atomic E-state index is 12.5. The van der Waals surface area contributed by atoms with E-state index in [9.17, 15) is 9.59 Å². The molecule has 0 saturated carbocycles. The second-order valence-corrected chi connectivity index (χ2v) is 5.82. The summed E-state index contributed by atoms with van der Waals surface area (Å²) in [6.45, 7) is 1.45. The third-order valence-corrected chi connectivity index (χ3v) is 3.92. The highest BCUT2D eigenvalue weighted by Crippen LogP contribution is 2.23. The number of carbonyl (C=O) groups excluding carboxylic acids is 2. The van der Waals surface area contributed by atoms with Gasteiger partial charge in [0.2, 0.25) is 11.8 Å². The molecule has 1 unspecified atom stereocenters. The minimum atomic E-state index is -0.365. The summed E-state index contributed by atoms with van der Waals surface area (Å²) in [6.07, 6.45) is 3.61. The highest BCUT2D eigenvalue weighted by atomic mass is 16.2. The van der Waals surface area contributed by atoms with Crippen LogP contribution in [0.15, 0.2) is 67.0 Å². The second-order valence-electron chi connectivity index (χ2n) is 5.82. The van der Waals surface area contributed by atoms with Gasteiger partial charge in [0.15, 0.2) is 0 Å². The number of anilines is 1. The van der Waals surface area contributed by atoms with Gasteiger partial charge < -0.3 is 10.6 Å². The molecule has 0 aliphatic rings. The molecular formula is C20H19N3O2. The minimum absolute atomic E-state index is 0.158. The first-order valence-electron chi connectivity index (χ1n) is 8.08. The zero-order chi connectivity index (χ0) is 17.6. The zero-order valence-electron chi connectivity index (χ0n) is 13.9. The molecule has 2 N–H and O–H groups in total. The molecule has 5 nitrogen and oxygen atoms in total. The van der Waals surface area contributed by atoms with Crippen LogP contribution >= 0.6 is 0 Å². The molecule has 0 aliphatic heterocycles. The number of nitrogens with zero attached hydrogens (tertiary/aromatic N) is 1. The molecule has 0 bridgehead atoms. The average molecular weight is 333 g/mol. The van der Waals surface area contributed by atoms with Crippen LogP contribution in [0.1, 0.15) is 24.9 Å². The van der Waals surface area contributed by atoms with E-state index in [4.69, 9.17) is 0 Å². The van der Waals surface area contributed by atoms with Crippen molar-refractivity contribution in [1.82, 2.24) is 10.3 Å². The van der Waals surface area contributed by atoms with Crippen LogP contribution in [0.25, 0.3) is 10.8 Å². The van der Waals surface area contributed by atoms with Crippen LogP contribution in [-0.2, 0) is 9.59 Å². The first kappa shape index (κ1) is 16.6. The third-order valence-electron chi connectivity index (χ3n) is 3.92. The maximum Gasteiger partial charge on any atom is 0.226 e. The van der Waals surface area contributed by atoms with E-state index in [1.807, 2.05) is 54.6 Å². The van der Waals surface area contributed by atoms with E-state index in [0.29, 0.717) is 0 Å². The first-order chi connectivity index (χ1) is 12.1. The van der Waals surface area contributed by atoms with Crippen LogP contribution < -0.4 is 10.6 Å². The van der Waals surface area contributed by atoms with Crippen molar-refractivity contribution in [1.29, 1.82) is 0 Å². The van der Waals surface area contributed by atoms with E-state index in [2.05, 4.69) is 15.6 Å². The molecule has 2 amide bonds. The molecule has 3 aromatic rings. The van der Waals surface area contributed by atoms with E-state index in [1.165, 1.54) is 6.92 Å². The molecule has 0 spiro atoms. The van der Waals surface area contributed by atoms with Gasteiger partial charge in [0.25, 0.3) is 0 Å².